The van der Waals surface area contributed by atoms with Gasteiger partial charge in [0.05, 0.1) is 6.04 Å². The first kappa shape index (κ1) is 18.9. The molecule has 134 valence electrons. The molecule has 1 N–H and O–H groups in total. The van der Waals surface area contributed by atoms with E-state index in [2.05, 4.69) is 5.32 Å². The molecular formula is C17H27N3O3S. The Morgan fingerprint density at radius 2 is 1.75 bits per heavy atom. The highest BCUT2D eigenvalue weighted by atomic mass is 32.2. The second-order valence-corrected chi connectivity index (χ2v) is 8.75. The van der Waals surface area contributed by atoms with Gasteiger partial charge >= 0.3 is 0 Å². The van der Waals surface area contributed by atoms with Gasteiger partial charge in [-0.3, -0.25) is 4.79 Å². The van der Waals surface area contributed by atoms with Crippen molar-refractivity contribution in [3.8, 4) is 0 Å². The number of hydrogen-bond donors (Lipinski definition) is 1. The van der Waals surface area contributed by atoms with Gasteiger partial charge in [0.2, 0.25) is 5.91 Å². The molecule has 1 fully saturated rings. The van der Waals surface area contributed by atoms with Gasteiger partial charge < -0.3 is 5.32 Å². The van der Waals surface area contributed by atoms with Crippen LogP contribution in [0.3, 0.4) is 0 Å². The van der Waals surface area contributed by atoms with Gasteiger partial charge in [0.15, 0.2) is 0 Å². The molecule has 0 radical (unpaired) electrons. The molecule has 1 aromatic carbocycles. The molecule has 0 spiro atoms. The van der Waals surface area contributed by atoms with Crippen LogP contribution < -0.4 is 5.32 Å². The number of nitrogens with zero attached hydrogens (tertiary/aromatic N) is 2. The van der Waals surface area contributed by atoms with Crippen LogP contribution in [-0.4, -0.2) is 50.1 Å². The third kappa shape index (κ3) is 4.34. The standard InChI is InChI=1S/C17H27N3O3S/c1-13-5-7-15(8-6-13)14(2)18-17(21)16-9-11-20(12-10-16)24(22,23)19(3)4/h5-8,14,16H,9-12H2,1-4H3,(H,18,21). The Hall–Kier alpha value is -1.44. The van der Waals surface area contributed by atoms with Crippen molar-refractivity contribution < 1.29 is 13.2 Å². The molecule has 0 saturated carbocycles. The van der Waals surface area contributed by atoms with E-state index >= 15 is 0 Å². The van der Waals surface area contributed by atoms with Crippen LogP contribution in [0.2, 0.25) is 0 Å². The number of amides is 1. The molecule has 1 saturated heterocycles. The van der Waals surface area contributed by atoms with E-state index in [0.29, 0.717) is 25.9 Å². The number of hydrogen-bond acceptors (Lipinski definition) is 3. The number of carbonyl (C=O) groups excluding carboxylic acids is 1. The van der Waals surface area contributed by atoms with Gasteiger partial charge in [-0.2, -0.15) is 17.0 Å². The van der Waals surface area contributed by atoms with E-state index in [-0.39, 0.29) is 17.9 Å². The maximum atomic E-state index is 12.4. The predicted molar refractivity (Wildman–Crippen MR) is 94.6 cm³/mol. The van der Waals surface area contributed by atoms with Crippen molar-refractivity contribution in [2.24, 2.45) is 5.92 Å². The zero-order valence-corrected chi connectivity index (χ0v) is 15.6. The van der Waals surface area contributed by atoms with Crippen LogP contribution in [0, 0.1) is 12.8 Å². The Labute approximate surface area is 145 Å². The number of carbonyl (C=O) groups is 1. The Kier molecular flexibility index (Phi) is 6.01. The summed E-state index contributed by atoms with van der Waals surface area (Å²) in [6.45, 7) is 4.77. The van der Waals surface area contributed by atoms with Crippen molar-refractivity contribution in [1.82, 2.24) is 13.9 Å². The van der Waals surface area contributed by atoms with Gasteiger partial charge in [-0.15, -0.1) is 0 Å². The average molecular weight is 353 g/mol. The number of aryl methyl sites for hydroxylation is 1. The molecule has 24 heavy (non-hydrogen) atoms. The molecule has 0 aromatic heterocycles. The van der Waals surface area contributed by atoms with Crippen LogP contribution in [0.4, 0.5) is 0 Å². The molecule has 1 aliphatic rings. The fourth-order valence-corrected chi connectivity index (χ4v) is 3.98. The van der Waals surface area contributed by atoms with Gasteiger partial charge in [0.25, 0.3) is 10.2 Å². The molecule has 1 aliphatic heterocycles. The minimum Gasteiger partial charge on any atom is -0.349 e. The van der Waals surface area contributed by atoms with Crippen molar-refractivity contribution >= 4 is 16.1 Å². The van der Waals surface area contributed by atoms with Gasteiger partial charge in [-0.25, -0.2) is 0 Å². The molecule has 1 aromatic rings. The molecule has 7 heteroatoms. The zero-order chi connectivity index (χ0) is 17.9. The Bertz CT molecular complexity index is 663. The molecule has 1 atom stereocenters. The van der Waals surface area contributed by atoms with E-state index in [1.807, 2.05) is 38.1 Å². The summed E-state index contributed by atoms with van der Waals surface area (Å²) in [4.78, 5) is 12.4. The summed E-state index contributed by atoms with van der Waals surface area (Å²) in [5, 5.41) is 3.04. The quantitative estimate of drug-likeness (QED) is 0.876. The number of nitrogens with one attached hydrogen (secondary N) is 1. The average Bonchev–Trinajstić information content (AvgIpc) is 2.55. The molecule has 2 rings (SSSR count). The molecule has 1 amide bonds. The molecule has 0 bridgehead atoms. The second-order valence-electron chi connectivity index (χ2n) is 6.60. The van der Waals surface area contributed by atoms with Crippen molar-refractivity contribution in [1.29, 1.82) is 0 Å². The fourth-order valence-electron chi connectivity index (χ4n) is 2.85. The lowest BCUT2D eigenvalue weighted by Crippen LogP contribution is -2.47. The predicted octanol–water partition coefficient (Wildman–Crippen LogP) is 1.69. The van der Waals surface area contributed by atoms with E-state index in [1.165, 1.54) is 28.3 Å². The first-order valence-corrected chi connectivity index (χ1v) is 9.66. The molecule has 1 unspecified atom stereocenters. The lowest BCUT2D eigenvalue weighted by molar-refractivity contribution is -0.126. The SMILES string of the molecule is Cc1ccc(C(C)NC(=O)C2CCN(S(=O)(=O)N(C)C)CC2)cc1. The van der Waals surface area contributed by atoms with Crippen molar-refractivity contribution in [2.75, 3.05) is 27.2 Å². The summed E-state index contributed by atoms with van der Waals surface area (Å²) in [5.41, 5.74) is 2.26. The van der Waals surface area contributed by atoms with E-state index < -0.39 is 10.2 Å². The van der Waals surface area contributed by atoms with E-state index in [4.69, 9.17) is 0 Å². The lowest BCUT2D eigenvalue weighted by atomic mass is 9.96. The second kappa shape index (κ2) is 7.63. The third-order valence-corrected chi connectivity index (χ3v) is 6.49. The normalized spacial score (nSPS) is 18.5. The summed E-state index contributed by atoms with van der Waals surface area (Å²) in [6.07, 6.45) is 1.11. The number of piperidine rings is 1. The Morgan fingerprint density at radius 3 is 2.25 bits per heavy atom. The van der Waals surface area contributed by atoms with E-state index in [1.54, 1.807) is 0 Å². The van der Waals surface area contributed by atoms with Gasteiger partial charge in [-0.1, -0.05) is 29.8 Å². The van der Waals surface area contributed by atoms with Gasteiger partial charge in [0.1, 0.15) is 0 Å². The zero-order valence-electron chi connectivity index (χ0n) is 14.8. The minimum absolute atomic E-state index is 0.00461. The van der Waals surface area contributed by atoms with Crippen molar-refractivity contribution in [2.45, 2.75) is 32.7 Å². The minimum atomic E-state index is -3.38. The summed E-state index contributed by atoms with van der Waals surface area (Å²) >= 11 is 0. The summed E-state index contributed by atoms with van der Waals surface area (Å²) in [7, 11) is -0.334. The number of benzene rings is 1. The van der Waals surface area contributed by atoms with Crippen LogP contribution in [0.15, 0.2) is 24.3 Å². The van der Waals surface area contributed by atoms with Crippen LogP contribution in [0.1, 0.15) is 36.9 Å². The molecular weight excluding hydrogens is 326 g/mol. The highest BCUT2D eigenvalue weighted by molar-refractivity contribution is 7.86. The van der Waals surface area contributed by atoms with E-state index in [0.717, 1.165) is 5.56 Å². The maximum absolute atomic E-state index is 12.4. The lowest BCUT2D eigenvalue weighted by Gasteiger charge is -2.32. The van der Waals surface area contributed by atoms with Gasteiger partial charge in [0, 0.05) is 33.1 Å². The van der Waals surface area contributed by atoms with Crippen LogP contribution in [0.25, 0.3) is 0 Å². The summed E-state index contributed by atoms with van der Waals surface area (Å²) in [6, 6.07) is 8.05. The monoisotopic (exact) mass is 353 g/mol. The summed E-state index contributed by atoms with van der Waals surface area (Å²) in [5.74, 6) is -0.128. The first-order valence-electron chi connectivity index (χ1n) is 8.26. The third-order valence-electron chi connectivity index (χ3n) is 4.55. The van der Waals surface area contributed by atoms with Crippen LogP contribution >= 0.6 is 0 Å². The smallest absolute Gasteiger partial charge is 0.281 e. The molecule has 0 aliphatic carbocycles. The topological polar surface area (TPSA) is 69.7 Å². The highest BCUT2D eigenvalue weighted by Gasteiger charge is 2.32. The van der Waals surface area contributed by atoms with Crippen molar-refractivity contribution in [3.05, 3.63) is 35.4 Å². The molecule has 6 nitrogen and oxygen atoms in total. The first-order chi connectivity index (χ1) is 11.2. The fraction of sp³-hybridized carbons (Fsp3) is 0.588. The highest BCUT2D eigenvalue weighted by Crippen LogP contribution is 2.22. The van der Waals surface area contributed by atoms with E-state index in [9.17, 15) is 13.2 Å². The summed E-state index contributed by atoms with van der Waals surface area (Å²) < 4.78 is 26.9. The molecule has 1 heterocycles. The maximum Gasteiger partial charge on any atom is 0.281 e. The largest absolute Gasteiger partial charge is 0.349 e. The van der Waals surface area contributed by atoms with Crippen LogP contribution in [0.5, 0.6) is 0 Å². The Morgan fingerprint density at radius 1 is 1.21 bits per heavy atom. The number of rotatable bonds is 5. The van der Waals surface area contributed by atoms with Gasteiger partial charge in [-0.05, 0) is 32.3 Å². The van der Waals surface area contributed by atoms with Crippen LogP contribution in [-0.2, 0) is 15.0 Å². The van der Waals surface area contributed by atoms with Crippen molar-refractivity contribution in [3.63, 3.8) is 0 Å². The Balaban J connectivity index is 1.90.